The molecule has 1 fully saturated rings. The number of carboxylic acids is 1. The molecular weight excluding hydrogens is 383 g/mol. The van der Waals surface area contributed by atoms with Crippen molar-refractivity contribution in [2.75, 3.05) is 19.6 Å². The smallest absolute Gasteiger partial charge is 0.416 e. The Morgan fingerprint density at radius 2 is 1.89 bits per heavy atom. The third kappa shape index (κ3) is 5.83. The van der Waals surface area contributed by atoms with Crippen LogP contribution in [0.5, 0.6) is 0 Å². The average molecular weight is 399 g/mol. The van der Waals surface area contributed by atoms with Crippen molar-refractivity contribution in [1.82, 2.24) is 15.5 Å². The molecular formula is C17H16F3N3O5. The van der Waals surface area contributed by atoms with Gasteiger partial charge in [-0.1, -0.05) is 12.1 Å². The van der Waals surface area contributed by atoms with Crippen molar-refractivity contribution < 1.29 is 37.5 Å². The summed E-state index contributed by atoms with van der Waals surface area (Å²) >= 11 is 0. The van der Waals surface area contributed by atoms with Gasteiger partial charge in [-0.2, -0.15) is 13.2 Å². The maximum Gasteiger partial charge on any atom is 0.416 e. The van der Waals surface area contributed by atoms with E-state index in [2.05, 4.69) is 10.6 Å². The molecule has 0 aliphatic carbocycles. The second kappa shape index (κ2) is 8.55. The highest BCUT2D eigenvalue weighted by molar-refractivity contribution is 5.95. The highest BCUT2D eigenvalue weighted by Gasteiger charge is 2.32. The number of amides is 3. The molecule has 0 saturated carbocycles. The van der Waals surface area contributed by atoms with Crippen molar-refractivity contribution in [1.29, 1.82) is 0 Å². The van der Waals surface area contributed by atoms with Gasteiger partial charge in [-0.25, -0.2) is 4.79 Å². The summed E-state index contributed by atoms with van der Waals surface area (Å²) in [5.74, 6) is -3.23. The van der Waals surface area contributed by atoms with Crippen LogP contribution in [0.4, 0.5) is 13.2 Å². The first-order valence-electron chi connectivity index (χ1n) is 7.99. The number of piperazine rings is 1. The van der Waals surface area contributed by atoms with Gasteiger partial charge in [0.2, 0.25) is 17.7 Å². The molecule has 2 rings (SSSR count). The number of nitrogens with one attached hydrogen (secondary N) is 2. The molecule has 1 saturated heterocycles. The lowest BCUT2D eigenvalue weighted by molar-refractivity contribution is -0.148. The van der Waals surface area contributed by atoms with E-state index in [1.54, 1.807) is 0 Å². The Morgan fingerprint density at radius 1 is 1.25 bits per heavy atom. The molecule has 0 unspecified atom stereocenters. The van der Waals surface area contributed by atoms with Crippen LogP contribution in [0.15, 0.2) is 30.3 Å². The summed E-state index contributed by atoms with van der Waals surface area (Å²) in [6, 6.07) is 2.91. The maximum atomic E-state index is 12.5. The molecule has 28 heavy (non-hydrogen) atoms. The van der Waals surface area contributed by atoms with Gasteiger partial charge in [-0.15, -0.1) is 0 Å². The predicted molar refractivity (Wildman–Crippen MR) is 89.6 cm³/mol. The van der Waals surface area contributed by atoms with Gasteiger partial charge in [0, 0.05) is 6.08 Å². The average Bonchev–Trinajstić information content (AvgIpc) is 2.63. The van der Waals surface area contributed by atoms with E-state index in [4.69, 9.17) is 5.11 Å². The number of carbonyl (C=O) groups excluding carboxylic acids is 3. The van der Waals surface area contributed by atoms with Crippen LogP contribution in [0.2, 0.25) is 0 Å². The van der Waals surface area contributed by atoms with Crippen molar-refractivity contribution in [3.63, 3.8) is 0 Å². The second-order valence-electron chi connectivity index (χ2n) is 5.90. The Labute approximate surface area is 157 Å². The summed E-state index contributed by atoms with van der Waals surface area (Å²) in [6.07, 6.45) is -2.14. The number of carbonyl (C=O) groups is 4. The van der Waals surface area contributed by atoms with Crippen LogP contribution in [0.25, 0.3) is 6.08 Å². The molecule has 150 valence electrons. The standard InChI is InChI=1S/C17H16F3N3O5/c18-17(19,20)11-4-1-10(2-5-11)3-6-13(24)21-7-15(26)23-8-12(16(27)28)22-14(25)9-23/h1-6,12H,7-9H2,(H,21,24)(H,22,25)(H,27,28)/b6-3+/t12-/m1/s1. The third-order valence-electron chi connectivity index (χ3n) is 3.80. The molecule has 0 radical (unpaired) electrons. The van der Waals surface area contributed by atoms with E-state index in [0.717, 1.165) is 23.1 Å². The minimum Gasteiger partial charge on any atom is -0.480 e. The van der Waals surface area contributed by atoms with Crippen LogP contribution >= 0.6 is 0 Å². The van der Waals surface area contributed by atoms with Crippen LogP contribution in [0.3, 0.4) is 0 Å². The van der Waals surface area contributed by atoms with Crippen molar-refractivity contribution in [2.24, 2.45) is 0 Å². The molecule has 0 spiro atoms. The molecule has 1 atom stereocenters. The quantitative estimate of drug-likeness (QED) is 0.614. The fourth-order valence-electron chi connectivity index (χ4n) is 2.36. The predicted octanol–water partition coefficient (Wildman–Crippen LogP) is 0.246. The summed E-state index contributed by atoms with van der Waals surface area (Å²) in [5, 5.41) is 13.4. The number of alkyl halides is 3. The number of carboxylic acid groups (broad SMARTS) is 1. The number of aliphatic carboxylic acids is 1. The topological polar surface area (TPSA) is 116 Å². The summed E-state index contributed by atoms with van der Waals surface area (Å²) < 4.78 is 37.4. The largest absolute Gasteiger partial charge is 0.480 e. The molecule has 0 bridgehead atoms. The van der Waals surface area contributed by atoms with Crippen LogP contribution in [0, 0.1) is 0 Å². The van der Waals surface area contributed by atoms with E-state index in [0.29, 0.717) is 5.56 Å². The monoisotopic (exact) mass is 399 g/mol. The van der Waals surface area contributed by atoms with Crippen molar-refractivity contribution in [3.8, 4) is 0 Å². The molecule has 11 heteroatoms. The summed E-state index contributed by atoms with van der Waals surface area (Å²) in [4.78, 5) is 47.2. The van der Waals surface area contributed by atoms with Crippen molar-refractivity contribution in [3.05, 3.63) is 41.5 Å². The lowest BCUT2D eigenvalue weighted by Crippen LogP contribution is -2.59. The molecule has 8 nitrogen and oxygen atoms in total. The lowest BCUT2D eigenvalue weighted by Gasteiger charge is -2.30. The first-order chi connectivity index (χ1) is 13.1. The first kappa shape index (κ1) is 20.9. The Morgan fingerprint density at radius 3 is 2.46 bits per heavy atom. The van der Waals surface area contributed by atoms with E-state index < -0.39 is 48.0 Å². The zero-order chi connectivity index (χ0) is 20.9. The summed E-state index contributed by atoms with van der Waals surface area (Å²) in [7, 11) is 0. The minimum absolute atomic E-state index is 0.225. The number of halogens is 3. The lowest BCUT2D eigenvalue weighted by atomic mass is 10.1. The van der Waals surface area contributed by atoms with Crippen LogP contribution < -0.4 is 10.6 Å². The van der Waals surface area contributed by atoms with E-state index in [1.807, 2.05) is 0 Å². The van der Waals surface area contributed by atoms with Gasteiger partial charge in [0.15, 0.2) is 0 Å². The molecule has 1 aliphatic heterocycles. The van der Waals surface area contributed by atoms with Crippen LogP contribution in [-0.4, -0.2) is 59.4 Å². The van der Waals surface area contributed by atoms with Crippen molar-refractivity contribution >= 4 is 29.8 Å². The Bertz CT molecular complexity index is 805. The van der Waals surface area contributed by atoms with Gasteiger partial charge in [0.25, 0.3) is 0 Å². The highest BCUT2D eigenvalue weighted by atomic mass is 19.4. The van der Waals surface area contributed by atoms with E-state index >= 15 is 0 Å². The number of hydrogen-bond acceptors (Lipinski definition) is 4. The second-order valence-corrected chi connectivity index (χ2v) is 5.90. The number of rotatable bonds is 5. The molecule has 0 aromatic heterocycles. The highest BCUT2D eigenvalue weighted by Crippen LogP contribution is 2.29. The zero-order valence-electron chi connectivity index (χ0n) is 14.3. The molecule has 1 aliphatic rings. The van der Waals surface area contributed by atoms with Gasteiger partial charge < -0.3 is 20.6 Å². The van der Waals surface area contributed by atoms with Gasteiger partial charge in [0.05, 0.1) is 25.2 Å². The van der Waals surface area contributed by atoms with Crippen molar-refractivity contribution in [2.45, 2.75) is 12.2 Å². The number of nitrogens with zero attached hydrogens (tertiary/aromatic N) is 1. The zero-order valence-corrected chi connectivity index (χ0v) is 14.3. The molecule has 3 amide bonds. The Balaban J connectivity index is 1.86. The third-order valence-corrected chi connectivity index (χ3v) is 3.80. The first-order valence-corrected chi connectivity index (χ1v) is 7.99. The number of benzene rings is 1. The van der Waals surface area contributed by atoms with Gasteiger partial charge in [0.1, 0.15) is 6.04 Å². The fraction of sp³-hybridized carbons (Fsp3) is 0.294. The Hall–Kier alpha value is -3.37. The minimum atomic E-state index is -4.45. The molecule has 1 aromatic carbocycles. The fourth-order valence-corrected chi connectivity index (χ4v) is 2.36. The summed E-state index contributed by atoms with van der Waals surface area (Å²) in [5.41, 5.74) is -0.462. The molecule has 1 heterocycles. The van der Waals surface area contributed by atoms with Gasteiger partial charge in [-0.05, 0) is 23.8 Å². The Kier molecular flexibility index (Phi) is 6.39. The molecule has 3 N–H and O–H groups in total. The van der Waals surface area contributed by atoms with Gasteiger partial charge in [-0.3, -0.25) is 14.4 Å². The van der Waals surface area contributed by atoms with Crippen LogP contribution in [-0.2, 0) is 25.4 Å². The SMILES string of the molecule is O=C(/C=C/c1ccc(C(F)(F)F)cc1)NCC(=O)N1CC(=O)N[C@@H](C(=O)O)C1. The van der Waals surface area contributed by atoms with E-state index in [9.17, 15) is 32.3 Å². The molecule has 1 aromatic rings. The normalized spacial score (nSPS) is 17.3. The van der Waals surface area contributed by atoms with Crippen LogP contribution in [0.1, 0.15) is 11.1 Å². The van der Waals surface area contributed by atoms with E-state index in [-0.39, 0.29) is 13.1 Å². The summed E-state index contributed by atoms with van der Waals surface area (Å²) in [6.45, 7) is -1.01. The maximum absolute atomic E-state index is 12.5. The van der Waals surface area contributed by atoms with Gasteiger partial charge >= 0.3 is 12.1 Å². The van der Waals surface area contributed by atoms with E-state index in [1.165, 1.54) is 18.2 Å². The number of hydrogen-bond donors (Lipinski definition) is 3.